The number of carbonyl (C=O) groups is 1. The minimum Gasteiger partial charge on any atom is -0.467 e. The van der Waals surface area contributed by atoms with Crippen molar-refractivity contribution in [2.75, 3.05) is 12.4 Å². The lowest BCUT2D eigenvalue weighted by atomic mass is 10.4. The van der Waals surface area contributed by atoms with Gasteiger partial charge in [0.15, 0.2) is 0 Å². The van der Waals surface area contributed by atoms with E-state index in [0.29, 0.717) is 12.4 Å². The van der Waals surface area contributed by atoms with Crippen LogP contribution in [0.5, 0.6) is 0 Å². The van der Waals surface area contributed by atoms with E-state index in [2.05, 4.69) is 20.0 Å². The summed E-state index contributed by atoms with van der Waals surface area (Å²) in [4.78, 5) is 19.0. The lowest BCUT2D eigenvalue weighted by Crippen LogP contribution is -2.09. The second kappa shape index (κ2) is 5.11. The van der Waals surface area contributed by atoms with Crippen molar-refractivity contribution >= 4 is 11.8 Å². The molecule has 0 unspecified atom stereocenters. The second-order valence-corrected chi connectivity index (χ2v) is 3.19. The first-order valence-corrected chi connectivity index (χ1v) is 4.97. The van der Waals surface area contributed by atoms with Crippen molar-refractivity contribution < 1.29 is 13.9 Å². The molecule has 0 aliphatic carbocycles. The fraction of sp³-hybridized carbons (Fsp3) is 0.182. The average Bonchev–Trinajstić information content (AvgIpc) is 2.89. The Kier molecular flexibility index (Phi) is 3.34. The van der Waals surface area contributed by atoms with Crippen LogP contribution in [0.2, 0.25) is 0 Å². The average molecular weight is 233 g/mol. The zero-order chi connectivity index (χ0) is 12.1. The van der Waals surface area contributed by atoms with Gasteiger partial charge in [-0.1, -0.05) is 0 Å². The highest BCUT2D eigenvalue weighted by atomic mass is 16.5. The molecule has 2 rings (SSSR count). The van der Waals surface area contributed by atoms with Gasteiger partial charge in [0.2, 0.25) is 5.82 Å². The molecular formula is C11H11N3O3. The Morgan fingerprint density at radius 1 is 1.53 bits per heavy atom. The van der Waals surface area contributed by atoms with Gasteiger partial charge >= 0.3 is 5.97 Å². The summed E-state index contributed by atoms with van der Waals surface area (Å²) in [6.45, 7) is 0.491. The van der Waals surface area contributed by atoms with Gasteiger partial charge in [-0.3, -0.25) is 0 Å². The second-order valence-electron chi connectivity index (χ2n) is 3.19. The van der Waals surface area contributed by atoms with E-state index in [1.807, 2.05) is 6.07 Å². The van der Waals surface area contributed by atoms with Crippen LogP contribution in [0.1, 0.15) is 16.4 Å². The molecule has 88 valence electrons. The Bertz CT molecular complexity index is 496. The zero-order valence-electron chi connectivity index (χ0n) is 9.21. The van der Waals surface area contributed by atoms with Crippen molar-refractivity contribution in [3.05, 3.63) is 42.2 Å². The van der Waals surface area contributed by atoms with E-state index in [-0.39, 0.29) is 5.82 Å². The normalized spacial score (nSPS) is 9.94. The van der Waals surface area contributed by atoms with Gasteiger partial charge in [-0.05, 0) is 18.2 Å². The summed E-state index contributed by atoms with van der Waals surface area (Å²) in [6, 6.07) is 5.31. The summed E-state index contributed by atoms with van der Waals surface area (Å²) in [6.07, 6.45) is 3.08. The third-order valence-corrected chi connectivity index (χ3v) is 2.05. The highest BCUT2D eigenvalue weighted by molar-refractivity contribution is 5.85. The van der Waals surface area contributed by atoms with E-state index < -0.39 is 5.97 Å². The number of nitrogens with zero attached hydrogens (tertiary/aromatic N) is 2. The van der Waals surface area contributed by atoms with Crippen LogP contribution in [0.25, 0.3) is 0 Å². The van der Waals surface area contributed by atoms with Gasteiger partial charge in [-0.15, -0.1) is 0 Å². The molecule has 0 aliphatic rings. The fourth-order valence-corrected chi connectivity index (χ4v) is 1.24. The third-order valence-electron chi connectivity index (χ3n) is 2.05. The SMILES string of the molecule is COC(=O)c1nccc(NCc2ccco2)n1. The monoisotopic (exact) mass is 233 g/mol. The molecule has 2 aromatic rings. The number of carbonyl (C=O) groups excluding carboxylic acids is 1. The molecule has 17 heavy (non-hydrogen) atoms. The van der Waals surface area contributed by atoms with Crippen LogP contribution in [0.4, 0.5) is 5.82 Å². The van der Waals surface area contributed by atoms with E-state index in [1.165, 1.54) is 13.3 Å². The molecule has 0 spiro atoms. The molecule has 2 heterocycles. The minimum atomic E-state index is -0.563. The van der Waals surface area contributed by atoms with Crippen LogP contribution < -0.4 is 5.32 Å². The van der Waals surface area contributed by atoms with Gasteiger partial charge in [0.05, 0.1) is 19.9 Å². The number of nitrogens with one attached hydrogen (secondary N) is 1. The van der Waals surface area contributed by atoms with Crippen molar-refractivity contribution in [2.45, 2.75) is 6.54 Å². The standard InChI is InChI=1S/C11H11N3O3/c1-16-11(15)10-12-5-4-9(14-10)13-7-8-3-2-6-17-8/h2-6H,7H2,1H3,(H,12,13,14). The lowest BCUT2D eigenvalue weighted by molar-refractivity contribution is 0.0587. The van der Waals surface area contributed by atoms with E-state index in [4.69, 9.17) is 4.42 Å². The molecule has 0 atom stereocenters. The van der Waals surface area contributed by atoms with Crippen LogP contribution in [0.15, 0.2) is 35.1 Å². The van der Waals surface area contributed by atoms with Gasteiger partial charge in [0.1, 0.15) is 11.6 Å². The summed E-state index contributed by atoms with van der Waals surface area (Å²) in [5.74, 6) is 0.781. The van der Waals surface area contributed by atoms with Gasteiger partial charge in [-0.25, -0.2) is 14.8 Å². The number of hydrogen-bond acceptors (Lipinski definition) is 6. The molecule has 1 N–H and O–H groups in total. The molecule has 2 aromatic heterocycles. The van der Waals surface area contributed by atoms with E-state index in [9.17, 15) is 4.79 Å². The molecule has 0 radical (unpaired) electrons. The number of furan rings is 1. The van der Waals surface area contributed by atoms with Gasteiger partial charge < -0.3 is 14.5 Å². The van der Waals surface area contributed by atoms with Crippen LogP contribution in [0, 0.1) is 0 Å². The summed E-state index contributed by atoms with van der Waals surface area (Å²) < 4.78 is 9.69. The van der Waals surface area contributed by atoms with E-state index in [1.54, 1.807) is 18.4 Å². The topological polar surface area (TPSA) is 77.2 Å². The van der Waals surface area contributed by atoms with Gasteiger partial charge in [0, 0.05) is 6.20 Å². The first-order valence-electron chi connectivity index (χ1n) is 4.97. The first-order chi connectivity index (χ1) is 8.29. The van der Waals surface area contributed by atoms with Crippen LogP contribution >= 0.6 is 0 Å². The number of rotatable bonds is 4. The Labute approximate surface area is 97.6 Å². The van der Waals surface area contributed by atoms with Crippen molar-refractivity contribution in [1.82, 2.24) is 9.97 Å². The van der Waals surface area contributed by atoms with Crippen molar-refractivity contribution in [3.63, 3.8) is 0 Å². The third kappa shape index (κ3) is 2.81. The summed E-state index contributed by atoms with van der Waals surface area (Å²) >= 11 is 0. The van der Waals surface area contributed by atoms with Crippen LogP contribution in [-0.4, -0.2) is 23.0 Å². The van der Waals surface area contributed by atoms with Crippen molar-refractivity contribution in [2.24, 2.45) is 0 Å². The predicted molar refractivity (Wildman–Crippen MR) is 59.4 cm³/mol. The lowest BCUT2D eigenvalue weighted by Gasteiger charge is -2.04. The fourth-order valence-electron chi connectivity index (χ4n) is 1.24. The minimum absolute atomic E-state index is 0.0249. The summed E-state index contributed by atoms with van der Waals surface area (Å²) in [5, 5.41) is 3.01. The molecule has 6 nitrogen and oxygen atoms in total. The smallest absolute Gasteiger partial charge is 0.376 e. The Morgan fingerprint density at radius 2 is 2.41 bits per heavy atom. The molecule has 0 amide bonds. The summed E-state index contributed by atoms with van der Waals surface area (Å²) in [5.41, 5.74) is 0. The van der Waals surface area contributed by atoms with Gasteiger partial charge in [0.25, 0.3) is 0 Å². The Morgan fingerprint density at radius 3 is 3.12 bits per heavy atom. The largest absolute Gasteiger partial charge is 0.467 e. The molecule has 0 aromatic carbocycles. The van der Waals surface area contributed by atoms with E-state index in [0.717, 1.165) is 5.76 Å². The van der Waals surface area contributed by atoms with Crippen LogP contribution in [-0.2, 0) is 11.3 Å². The maximum atomic E-state index is 11.2. The molecule has 0 saturated carbocycles. The number of anilines is 1. The molecule has 0 bridgehead atoms. The first kappa shape index (κ1) is 11.1. The maximum absolute atomic E-state index is 11.2. The number of ether oxygens (including phenoxy) is 1. The maximum Gasteiger partial charge on any atom is 0.376 e. The number of hydrogen-bond donors (Lipinski definition) is 1. The Balaban J connectivity index is 2.03. The van der Waals surface area contributed by atoms with Crippen LogP contribution in [0.3, 0.4) is 0 Å². The van der Waals surface area contributed by atoms with Crippen molar-refractivity contribution in [3.8, 4) is 0 Å². The van der Waals surface area contributed by atoms with Gasteiger partial charge in [-0.2, -0.15) is 0 Å². The quantitative estimate of drug-likeness (QED) is 0.806. The number of methoxy groups -OCH3 is 1. The highest BCUT2D eigenvalue weighted by Gasteiger charge is 2.09. The summed E-state index contributed by atoms with van der Waals surface area (Å²) in [7, 11) is 1.29. The molecule has 6 heteroatoms. The Hall–Kier alpha value is -2.37. The van der Waals surface area contributed by atoms with Crippen molar-refractivity contribution in [1.29, 1.82) is 0 Å². The molecule has 0 fully saturated rings. The molecule has 0 saturated heterocycles. The molecule has 0 aliphatic heterocycles. The number of esters is 1. The predicted octanol–water partition coefficient (Wildman–Crippen LogP) is 1.47. The number of aromatic nitrogens is 2. The van der Waals surface area contributed by atoms with E-state index >= 15 is 0 Å². The highest BCUT2D eigenvalue weighted by Crippen LogP contribution is 2.06. The zero-order valence-corrected chi connectivity index (χ0v) is 9.21. The molecular weight excluding hydrogens is 222 g/mol.